The molecule has 2 aromatic carbocycles. The molecule has 0 aliphatic heterocycles. The Morgan fingerprint density at radius 3 is 2.61 bits per heavy atom. The minimum atomic E-state index is -0.882. The molecule has 1 amide bonds. The molecular formula is C29H24ClFN8O5. The van der Waals surface area contributed by atoms with Gasteiger partial charge in [0.15, 0.2) is 12.0 Å². The van der Waals surface area contributed by atoms with Crippen molar-refractivity contribution < 1.29 is 28.6 Å². The fourth-order valence-corrected chi connectivity index (χ4v) is 5.37. The molecule has 44 heavy (non-hydrogen) atoms. The Hall–Kier alpha value is -5.37. The molecule has 3 aromatic heterocycles. The molecule has 0 saturated heterocycles. The number of carbonyl (C=O) groups is 2. The number of halogens is 2. The number of methoxy groups -OCH3 is 1. The topological polar surface area (TPSA) is 164 Å². The molecule has 5 aromatic rings. The first-order chi connectivity index (χ1) is 21.2. The van der Waals surface area contributed by atoms with Crippen molar-refractivity contribution >= 4 is 29.4 Å². The van der Waals surface area contributed by atoms with Crippen LogP contribution in [0.2, 0.25) is 5.02 Å². The SMILES string of the molecule is COC(=O)Nc1ccc(-c2cnn(C(C[C@@H]3C[C@H]3C(=O)O)c3ccc(-c4c(-n5cnnn5)ccc(Cl)c4F)c[n+]3[O-])c2)cc1. The Bertz CT molecular complexity index is 1850. The van der Waals surface area contributed by atoms with Crippen molar-refractivity contribution in [1.82, 2.24) is 30.0 Å². The van der Waals surface area contributed by atoms with Crippen LogP contribution in [0.15, 0.2) is 73.4 Å². The number of amides is 1. The van der Waals surface area contributed by atoms with Crippen molar-refractivity contribution in [2.75, 3.05) is 12.4 Å². The highest BCUT2D eigenvalue weighted by Gasteiger charge is 2.45. The van der Waals surface area contributed by atoms with Gasteiger partial charge in [-0.25, -0.2) is 9.18 Å². The molecule has 3 heterocycles. The Labute approximate surface area is 254 Å². The summed E-state index contributed by atoms with van der Waals surface area (Å²) in [4.78, 5) is 23.1. The van der Waals surface area contributed by atoms with Crippen LogP contribution in [-0.2, 0) is 9.53 Å². The van der Waals surface area contributed by atoms with E-state index in [9.17, 15) is 19.9 Å². The van der Waals surface area contributed by atoms with E-state index in [0.717, 1.165) is 11.1 Å². The fourth-order valence-electron chi connectivity index (χ4n) is 5.21. The lowest BCUT2D eigenvalue weighted by atomic mass is 10.0. The van der Waals surface area contributed by atoms with Gasteiger partial charge in [0.1, 0.15) is 12.4 Å². The lowest BCUT2D eigenvalue weighted by molar-refractivity contribution is -0.615. The molecule has 1 saturated carbocycles. The van der Waals surface area contributed by atoms with Gasteiger partial charge in [-0.2, -0.15) is 14.5 Å². The van der Waals surface area contributed by atoms with E-state index in [-0.39, 0.29) is 27.8 Å². The Morgan fingerprint density at radius 2 is 1.95 bits per heavy atom. The summed E-state index contributed by atoms with van der Waals surface area (Å²) < 4.78 is 23.5. The molecule has 0 spiro atoms. The van der Waals surface area contributed by atoms with Gasteiger partial charge < -0.3 is 15.1 Å². The summed E-state index contributed by atoms with van der Waals surface area (Å²) in [5, 5.41) is 41.1. The van der Waals surface area contributed by atoms with Gasteiger partial charge in [-0.3, -0.25) is 14.8 Å². The second kappa shape index (κ2) is 11.7. The van der Waals surface area contributed by atoms with Gasteiger partial charge in [-0.15, -0.1) is 5.10 Å². The molecule has 1 fully saturated rings. The lowest BCUT2D eigenvalue weighted by Crippen LogP contribution is -2.35. The molecule has 0 bridgehead atoms. The average molecular weight is 619 g/mol. The molecule has 1 aliphatic rings. The van der Waals surface area contributed by atoms with Gasteiger partial charge in [0.05, 0.1) is 41.1 Å². The predicted octanol–water partition coefficient (Wildman–Crippen LogP) is 4.50. The molecule has 2 N–H and O–H groups in total. The van der Waals surface area contributed by atoms with Crippen LogP contribution in [0.3, 0.4) is 0 Å². The van der Waals surface area contributed by atoms with Crippen molar-refractivity contribution in [3.63, 3.8) is 0 Å². The highest BCUT2D eigenvalue weighted by atomic mass is 35.5. The molecular weight excluding hydrogens is 595 g/mol. The number of nitrogens with zero attached hydrogens (tertiary/aromatic N) is 7. The Balaban J connectivity index is 1.35. The monoisotopic (exact) mass is 618 g/mol. The van der Waals surface area contributed by atoms with E-state index < -0.39 is 29.8 Å². The van der Waals surface area contributed by atoms with Crippen molar-refractivity contribution in [2.45, 2.75) is 18.9 Å². The first-order valence-electron chi connectivity index (χ1n) is 13.4. The van der Waals surface area contributed by atoms with E-state index in [1.165, 1.54) is 30.4 Å². The minimum Gasteiger partial charge on any atom is -0.618 e. The number of benzene rings is 2. The van der Waals surface area contributed by atoms with Gasteiger partial charge >= 0.3 is 12.1 Å². The number of carboxylic acid groups (broad SMARTS) is 1. The number of carbonyl (C=O) groups excluding carboxylic acids is 1. The highest BCUT2D eigenvalue weighted by Crippen LogP contribution is 2.45. The number of pyridine rings is 1. The van der Waals surface area contributed by atoms with E-state index in [2.05, 4.69) is 30.7 Å². The number of rotatable bonds is 9. The van der Waals surface area contributed by atoms with Crippen LogP contribution in [-0.4, -0.2) is 54.3 Å². The van der Waals surface area contributed by atoms with Crippen molar-refractivity contribution in [2.24, 2.45) is 11.8 Å². The standard InChI is InChI=1S/C29H24ClFN8O5/c1-44-29(42)34-20-5-2-16(3-6-20)19-12-33-37(13-19)25(11-18-10-21(18)28(40)41)23-8-4-17(14-39(23)43)26-24(38-15-32-35-36-38)9-7-22(30)27(26)31/h2-9,12-15,18,21,25H,10-11H2,1H3,(H,34,42)(H,40,41)/t18-,21+,25?/m0/s1. The van der Waals surface area contributed by atoms with Crippen LogP contribution in [0, 0.1) is 22.9 Å². The number of carboxylic acids is 1. The Kier molecular flexibility index (Phi) is 7.66. The molecule has 3 atom stereocenters. The summed E-state index contributed by atoms with van der Waals surface area (Å²) in [7, 11) is 1.28. The molecule has 6 rings (SSSR count). The van der Waals surface area contributed by atoms with Crippen molar-refractivity contribution in [3.8, 4) is 27.9 Å². The molecule has 224 valence electrons. The molecule has 0 radical (unpaired) electrons. The van der Waals surface area contributed by atoms with Crippen LogP contribution in [0.4, 0.5) is 14.9 Å². The number of ether oxygens (including phenoxy) is 1. The van der Waals surface area contributed by atoms with Gasteiger partial charge in [0, 0.05) is 23.5 Å². The summed E-state index contributed by atoms with van der Waals surface area (Å²) >= 11 is 6.09. The number of anilines is 1. The third kappa shape index (κ3) is 5.66. The zero-order valence-corrected chi connectivity index (χ0v) is 23.8. The predicted molar refractivity (Wildman–Crippen MR) is 154 cm³/mol. The zero-order chi connectivity index (χ0) is 31.0. The molecule has 15 heteroatoms. The first-order valence-corrected chi connectivity index (χ1v) is 13.8. The minimum absolute atomic E-state index is 0.0390. The molecule has 13 nitrogen and oxygen atoms in total. The van der Waals surface area contributed by atoms with Crippen molar-refractivity contribution in [1.29, 1.82) is 0 Å². The fraction of sp³-hybridized carbons (Fsp3) is 0.207. The smallest absolute Gasteiger partial charge is 0.411 e. The quantitative estimate of drug-likeness (QED) is 0.179. The zero-order valence-electron chi connectivity index (χ0n) is 23.0. The van der Waals surface area contributed by atoms with Crippen LogP contribution in [0.1, 0.15) is 24.6 Å². The largest absolute Gasteiger partial charge is 0.618 e. The van der Waals surface area contributed by atoms with Gasteiger partial charge in [-0.1, -0.05) is 23.7 Å². The maximum absolute atomic E-state index is 15.3. The van der Waals surface area contributed by atoms with E-state index in [0.29, 0.717) is 29.0 Å². The number of nitrogens with one attached hydrogen (secondary N) is 1. The summed E-state index contributed by atoms with van der Waals surface area (Å²) in [6.07, 6.45) is 6.21. The van der Waals surface area contributed by atoms with E-state index in [4.69, 9.17) is 11.6 Å². The maximum atomic E-state index is 15.3. The van der Waals surface area contributed by atoms with E-state index in [1.54, 1.807) is 59.5 Å². The highest BCUT2D eigenvalue weighted by molar-refractivity contribution is 6.31. The van der Waals surface area contributed by atoms with Gasteiger partial charge in [0.25, 0.3) is 0 Å². The Morgan fingerprint density at radius 1 is 1.18 bits per heavy atom. The maximum Gasteiger partial charge on any atom is 0.411 e. The second-order valence-corrected chi connectivity index (χ2v) is 10.7. The van der Waals surface area contributed by atoms with Gasteiger partial charge in [0.2, 0.25) is 5.69 Å². The third-order valence-electron chi connectivity index (χ3n) is 7.58. The van der Waals surface area contributed by atoms with Crippen LogP contribution < -0.4 is 10.0 Å². The first kappa shape index (κ1) is 28.7. The van der Waals surface area contributed by atoms with Gasteiger partial charge in [-0.05, 0) is 65.1 Å². The number of aromatic nitrogens is 7. The van der Waals surface area contributed by atoms with E-state index in [1.807, 2.05) is 0 Å². The second-order valence-electron chi connectivity index (χ2n) is 10.3. The molecule has 1 unspecified atom stereocenters. The lowest BCUT2D eigenvalue weighted by Gasteiger charge is -2.18. The summed E-state index contributed by atoms with van der Waals surface area (Å²) in [5.41, 5.74) is 2.95. The number of hydrogen-bond acceptors (Lipinski definition) is 8. The number of hydrogen-bond donors (Lipinski definition) is 2. The average Bonchev–Trinajstić information content (AvgIpc) is 3.35. The van der Waals surface area contributed by atoms with Crippen LogP contribution >= 0.6 is 11.6 Å². The summed E-state index contributed by atoms with van der Waals surface area (Å²) in [5.74, 6) is -2.27. The normalized spacial score (nSPS) is 16.3. The number of aliphatic carboxylic acids is 1. The summed E-state index contributed by atoms with van der Waals surface area (Å²) in [6, 6.07) is 12.5. The van der Waals surface area contributed by atoms with E-state index >= 15 is 4.39 Å². The van der Waals surface area contributed by atoms with Crippen molar-refractivity contribution in [3.05, 3.63) is 95.2 Å². The third-order valence-corrected chi connectivity index (χ3v) is 7.87. The summed E-state index contributed by atoms with van der Waals surface area (Å²) in [6.45, 7) is 0. The van der Waals surface area contributed by atoms with Crippen LogP contribution in [0.25, 0.3) is 27.9 Å². The molecule has 1 aliphatic carbocycles. The number of tetrazole rings is 1. The van der Waals surface area contributed by atoms with Crippen LogP contribution in [0.5, 0.6) is 0 Å².